The second-order valence-corrected chi connectivity index (χ2v) is 7.93. The third-order valence-corrected chi connectivity index (χ3v) is 5.67. The number of nitrogens with zero attached hydrogens (tertiary/aromatic N) is 4. The molecule has 0 aliphatic carbocycles. The van der Waals surface area contributed by atoms with Gasteiger partial charge in [0.25, 0.3) is 5.91 Å². The van der Waals surface area contributed by atoms with E-state index in [2.05, 4.69) is 9.74 Å². The second-order valence-electron chi connectivity index (χ2n) is 7.93. The maximum atomic E-state index is 12.3. The number of benzene rings is 2. The number of carbonyl (C=O) groups is 1. The number of carbonyl (C=O) groups excluding carboxylic acids is 1. The van der Waals surface area contributed by atoms with E-state index in [1.807, 2.05) is 60.7 Å². The lowest BCUT2D eigenvalue weighted by atomic mass is 10.1. The molecule has 1 aromatic heterocycles. The van der Waals surface area contributed by atoms with Gasteiger partial charge in [0.05, 0.1) is 12.6 Å². The Morgan fingerprint density at radius 2 is 1.91 bits per heavy atom. The van der Waals surface area contributed by atoms with Crippen molar-refractivity contribution in [2.45, 2.75) is 18.9 Å². The average molecular weight is 443 g/mol. The first-order chi connectivity index (χ1) is 16.1. The summed E-state index contributed by atoms with van der Waals surface area (Å²) < 4.78 is 7.58. The molecule has 8 nitrogen and oxygen atoms in total. The van der Waals surface area contributed by atoms with E-state index in [1.165, 1.54) is 6.20 Å². The van der Waals surface area contributed by atoms with Crippen LogP contribution in [0.25, 0.3) is 16.1 Å². The molecule has 0 bridgehead atoms. The number of ether oxygens (including phenoxy) is 1. The summed E-state index contributed by atoms with van der Waals surface area (Å²) in [6.45, 7) is 9.24. The number of hydrogen-bond donors (Lipinski definition) is 2. The highest BCUT2D eigenvalue weighted by atomic mass is 16.5. The van der Waals surface area contributed by atoms with E-state index in [4.69, 9.17) is 27.9 Å². The largest absolute Gasteiger partial charge is 0.457 e. The lowest BCUT2D eigenvalue weighted by Crippen LogP contribution is -2.37. The van der Waals surface area contributed by atoms with Crippen molar-refractivity contribution >= 4 is 11.7 Å². The van der Waals surface area contributed by atoms with Crippen molar-refractivity contribution in [1.82, 2.24) is 14.7 Å². The van der Waals surface area contributed by atoms with Crippen LogP contribution in [0.4, 0.5) is 5.82 Å². The van der Waals surface area contributed by atoms with Crippen LogP contribution >= 0.6 is 0 Å². The quantitative estimate of drug-likeness (QED) is 0.536. The number of primary amides is 1. The second kappa shape index (κ2) is 10.0. The SMILES string of the molecule is [C-]#[N+]/C=C/CN1CCCC(n2nc(-c3ccc(Oc4ccccc4)cc3)c(C(N)=O)c2N)C1. The summed E-state index contributed by atoms with van der Waals surface area (Å²) in [5.74, 6) is 1.09. The summed E-state index contributed by atoms with van der Waals surface area (Å²) in [7, 11) is 0. The Morgan fingerprint density at radius 3 is 2.61 bits per heavy atom. The van der Waals surface area contributed by atoms with E-state index < -0.39 is 5.91 Å². The van der Waals surface area contributed by atoms with Crippen LogP contribution in [0.1, 0.15) is 29.2 Å². The molecule has 0 spiro atoms. The molecule has 4 rings (SSSR count). The minimum atomic E-state index is -0.606. The number of anilines is 1. The van der Waals surface area contributed by atoms with Crippen LogP contribution in [0.2, 0.25) is 0 Å². The zero-order valence-corrected chi connectivity index (χ0v) is 18.2. The van der Waals surface area contributed by atoms with Gasteiger partial charge in [-0.05, 0) is 55.8 Å². The van der Waals surface area contributed by atoms with Crippen LogP contribution in [0.15, 0.2) is 66.9 Å². The Hall–Kier alpha value is -4.09. The van der Waals surface area contributed by atoms with Crippen LogP contribution < -0.4 is 16.2 Å². The predicted molar refractivity (Wildman–Crippen MR) is 128 cm³/mol. The monoisotopic (exact) mass is 442 g/mol. The molecule has 33 heavy (non-hydrogen) atoms. The number of aromatic nitrogens is 2. The Labute approximate surface area is 192 Å². The zero-order valence-electron chi connectivity index (χ0n) is 18.2. The molecule has 1 aliphatic heterocycles. The number of likely N-dealkylation sites (tertiary alicyclic amines) is 1. The molecule has 168 valence electrons. The van der Waals surface area contributed by atoms with E-state index >= 15 is 0 Å². The van der Waals surface area contributed by atoms with Gasteiger partial charge in [-0.1, -0.05) is 24.3 Å². The van der Waals surface area contributed by atoms with Gasteiger partial charge in [0.15, 0.2) is 6.20 Å². The number of nitrogen functional groups attached to an aromatic ring is 1. The summed E-state index contributed by atoms with van der Waals surface area (Å²) >= 11 is 0. The smallest absolute Gasteiger partial charge is 0.254 e. The molecule has 1 atom stereocenters. The Morgan fingerprint density at radius 1 is 1.18 bits per heavy atom. The lowest BCUT2D eigenvalue weighted by molar-refractivity contribution is 0.100. The Kier molecular flexibility index (Phi) is 6.72. The summed E-state index contributed by atoms with van der Waals surface area (Å²) in [5.41, 5.74) is 13.5. The molecule has 1 unspecified atom stereocenters. The molecular formula is C25H26N6O2. The summed E-state index contributed by atoms with van der Waals surface area (Å²) in [6, 6.07) is 16.9. The van der Waals surface area contributed by atoms with Crippen molar-refractivity contribution < 1.29 is 9.53 Å². The molecule has 1 saturated heterocycles. The molecule has 0 radical (unpaired) electrons. The van der Waals surface area contributed by atoms with Crippen molar-refractivity contribution in [2.75, 3.05) is 25.4 Å². The minimum Gasteiger partial charge on any atom is -0.457 e. The lowest BCUT2D eigenvalue weighted by Gasteiger charge is -2.32. The van der Waals surface area contributed by atoms with E-state index in [9.17, 15) is 4.79 Å². The summed E-state index contributed by atoms with van der Waals surface area (Å²) in [5, 5.41) is 4.73. The molecule has 1 aliphatic rings. The highest BCUT2D eigenvalue weighted by molar-refractivity contribution is 6.03. The fraction of sp³-hybridized carbons (Fsp3) is 0.240. The van der Waals surface area contributed by atoms with Gasteiger partial charge in [0.2, 0.25) is 0 Å². The number of amides is 1. The van der Waals surface area contributed by atoms with E-state index in [1.54, 1.807) is 4.68 Å². The van der Waals surface area contributed by atoms with Crippen molar-refractivity contribution in [3.8, 4) is 22.8 Å². The van der Waals surface area contributed by atoms with Crippen molar-refractivity contribution in [2.24, 2.45) is 5.73 Å². The molecule has 8 heteroatoms. The highest BCUT2D eigenvalue weighted by Crippen LogP contribution is 2.33. The van der Waals surface area contributed by atoms with Gasteiger partial charge in [-0.3, -0.25) is 9.69 Å². The maximum absolute atomic E-state index is 12.3. The molecule has 4 N–H and O–H groups in total. The van der Waals surface area contributed by atoms with Gasteiger partial charge >= 0.3 is 0 Å². The van der Waals surface area contributed by atoms with Crippen LogP contribution in [0.5, 0.6) is 11.5 Å². The standard InChI is InChI=1S/C25H26N6O2/c1-28-14-6-16-30-15-5-7-19(17-30)31-24(26)22(25(27)32)23(29-31)18-10-12-21(13-11-18)33-20-8-3-2-4-9-20/h2-4,6,8-14,19H,5,7,15-17,26H2,(H2,27,32)/b14-6+. The Bertz CT molecular complexity index is 1180. The van der Waals surface area contributed by atoms with Gasteiger partial charge in [0.1, 0.15) is 28.6 Å². The van der Waals surface area contributed by atoms with Crippen molar-refractivity contribution in [1.29, 1.82) is 0 Å². The van der Waals surface area contributed by atoms with Crippen LogP contribution in [0.3, 0.4) is 0 Å². The number of para-hydroxylation sites is 1. The average Bonchev–Trinajstić information content (AvgIpc) is 3.18. The third kappa shape index (κ3) is 5.05. The van der Waals surface area contributed by atoms with Gasteiger partial charge in [0, 0.05) is 18.7 Å². The molecule has 1 fully saturated rings. The molecule has 2 aromatic carbocycles. The first-order valence-electron chi connectivity index (χ1n) is 10.8. The van der Waals surface area contributed by atoms with E-state index in [-0.39, 0.29) is 17.4 Å². The number of rotatable bonds is 7. The van der Waals surface area contributed by atoms with Crippen LogP contribution in [0, 0.1) is 6.57 Å². The van der Waals surface area contributed by atoms with Gasteiger partial charge < -0.3 is 16.2 Å². The fourth-order valence-electron chi connectivity index (χ4n) is 4.12. The number of nitrogens with two attached hydrogens (primary N) is 2. The normalized spacial score (nSPS) is 16.5. The highest BCUT2D eigenvalue weighted by Gasteiger charge is 2.28. The van der Waals surface area contributed by atoms with Gasteiger partial charge in [-0.15, -0.1) is 0 Å². The minimum absolute atomic E-state index is 0.0210. The number of piperidine rings is 1. The topological polar surface area (TPSA) is 104 Å². The first kappa shape index (κ1) is 22.1. The van der Waals surface area contributed by atoms with E-state index in [0.717, 1.165) is 37.2 Å². The molecule has 3 aromatic rings. The Balaban J connectivity index is 1.59. The van der Waals surface area contributed by atoms with Gasteiger partial charge in [-0.2, -0.15) is 5.10 Å². The molecule has 0 saturated carbocycles. The predicted octanol–water partition coefficient (Wildman–Crippen LogP) is 4.09. The molecular weight excluding hydrogens is 416 g/mol. The maximum Gasteiger partial charge on any atom is 0.254 e. The van der Waals surface area contributed by atoms with Gasteiger partial charge in [-0.25, -0.2) is 9.53 Å². The first-order valence-corrected chi connectivity index (χ1v) is 10.8. The zero-order chi connectivity index (χ0) is 23.2. The summed E-state index contributed by atoms with van der Waals surface area (Å²) in [4.78, 5) is 17.8. The van der Waals surface area contributed by atoms with Crippen molar-refractivity contribution in [3.63, 3.8) is 0 Å². The van der Waals surface area contributed by atoms with E-state index in [0.29, 0.717) is 18.0 Å². The number of hydrogen-bond acceptors (Lipinski definition) is 5. The van der Waals surface area contributed by atoms with Crippen molar-refractivity contribution in [3.05, 3.63) is 83.9 Å². The van der Waals surface area contributed by atoms with Crippen LogP contribution in [-0.4, -0.2) is 40.2 Å². The fourth-order valence-corrected chi connectivity index (χ4v) is 4.12. The third-order valence-electron chi connectivity index (χ3n) is 5.67. The molecule has 1 amide bonds. The molecule has 2 heterocycles. The van der Waals surface area contributed by atoms with Crippen LogP contribution in [-0.2, 0) is 0 Å². The summed E-state index contributed by atoms with van der Waals surface area (Å²) in [6.07, 6.45) is 5.19.